The largest absolute Gasteiger partial charge is 0.486 e. The summed E-state index contributed by atoms with van der Waals surface area (Å²) in [7, 11) is 0. The molecule has 0 unspecified atom stereocenters. The van der Waals surface area contributed by atoms with Gasteiger partial charge in [0.1, 0.15) is 13.2 Å². The number of nitrogens with one attached hydrogen (secondary N) is 1. The minimum Gasteiger partial charge on any atom is -0.486 e. The Morgan fingerprint density at radius 3 is 2.85 bits per heavy atom. The molecule has 0 saturated heterocycles. The van der Waals surface area contributed by atoms with Gasteiger partial charge in [-0.1, -0.05) is 18.2 Å². The highest BCUT2D eigenvalue weighted by molar-refractivity contribution is 14.1. The summed E-state index contributed by atoms with van der Waals surface area (Å²) in [5, 5.41) is 3.44. The van der Waals surface area contributed by atoms with Crippen LogP contribution in [0.15, 0.2) is 36.4 Å². The number of benzene rings is 2. The standard InChI is InChI=1S/C16H16INO2/c1-11-5-6-13(9-14(11)17)18-10-12-3-2-4-15-16(12)20-8-7-19-15/h2-6,9,18H,7-8,10H2,1H3. The molecular weight excluding hydrogens is 365 g/mol. The highest BCUT2D eigenvalue weighted by Gasteiger charge is 2.15. The van der Waals surface area contributed by atoms with E-state index in [1.165, 1.54) is 9.13 Å². The topological polar surface area (TPSA) is 30.5 Å². The third-order valence-corrected chi connectivity index (χ3v) is 4.46. The predicted octanol–water partition coefficient (Wildman–Crippen LogP) is 3.98. The van der Waals surface area contributed by atoms with Gasteiger partial charge in [-0.2, -0.15) is 0 Å². The summed E-state index contributed by atoms with van der Waals surface area (Å²) in [6, 6.07) is 12.4. The Kier molecular flexibility index (Phi) is 4.00. The number of anilines is 1. The molecule has 0 spiro atoms. The summed E-state index contributed by atoms with van der Waals surface area (Å²) < 4.78 is 12.6. The molecule has 2 aromatic carbocycles. The molecular formula is C16H16INO2. The van der Waals surface area contributed by atoms with E-state index in [1.807, 2.05) is 12.1 Å². The van der Waals surface area contributed by atoms with E-state index in [4.69, 9.17) is 9.47 Å². The molecule has 1 aliphatic heterocycles. The van der Waals surface area contributed by atoms with Crippen LogP contribution in [0.1, 0.15) is 11.1 Å². The molecule has 3 nitrogen and oxygen atoms in total. The van der Waals surface area contributed by atoms with Crippen molar-refractivity contribution in [1.29, 1.82) is 0 Å². The summed E-state index contributed by atoms with van der Waals surface area (Å²) in [4.78, 5) is 0. The van der Waals surface area contributed by atoms with E-state index in [2.05, 4.69) is 59.1 Å². The zero-order chi connectivity index (χ0) is 13.9. The second-order valence-corrected chi connectivity index (χ2v) is 5.92. The van der Waals surface area contributed by atoms with E-state index in [0.29, 0.717) is 13.2 Å². The third kappa shape index (κ3) is 2.85. The molecule has 1 N–H and O–H groups in total. The molecule has 3 rings (SSSR count). The van der Waals surface area contributed by atoms with E-state index in [9.17, 15) is 0 Å². The van der Waals surface area contributed by atoms with Crippen molar-refractivity contribution in [3.05, 3.63) is 51.1 Å². The molecule has 0 saturated carbocycles. The second-order valence-electron chi connectivity index (χ2n) is 4.76. The molecule has 104 valence electrons. The molecule has 0 amide bonds. The van der Waals surface area contributed by atoms with Crippen LogP contribution in [0.4, 0.5) is 5.69 Å². The lowest BCUT2D eigenvalue weighted by Crippen LogP contribution is -2.17. The van der Waals surface area contributed by atoms with Crippen LogP contribution >= 0.6 is 22.6 Å². The van der Waals surface area contributed by atoms with Crippen molar-refractivity contribution in [2.24, 2.45) is 0 Å². The van der Waals surface area contributed by atoms with Gasteiger partial charge in [0.2, 0.25) is 0 Å². The maximum atomic E-state index is 5.72. The molecule has 0 fully saturated rings. The quantitative estimate of drug-likeness (QED) is 0.816. The van der Waals surface area contributed by atoms with Gasteiger partial charge in [0, 0.05) is 21.4 Å². The van der Waals surface area contributed by atoms with Gasteiger partial charge < -0.3 is 14.8 Å². The maximum Gasteiger partial charge on any atom is 0.166 e. The molecule has 0 bridgehead atoms. The molecule has 20 heavy (non-hydrogen) atoms. The first-order valence-corrected chi connectivity index (χ1v) is 7.69. The van der Waals surface area contributed by atoms with Gasteiger partial charge in [0.15, 0.2) is 11.5 Å². The lowest BCUT2D eigenvalue weighted by molar-refractivity contribution is 0.170. The predicted molar refractivity (Wildman–Crippen MR) is 88.7 cm³/mol. The van der Waals surface area contributed by atoms with E-state index < -0.39 is 0 Å². The smallest absolute Gasteiger partial charge is 0.166 e. The summed E-state index contributed by atoms with van der Waals surface area (Å²) in [6.07, 6.45) is 0. The number of halogens is 1. The van der Waals surface area contributed by atoms with Crippen molar-refractivity contribution < 1.29 is 9.47 Å². The monoisotopic (exact) mass is 381 g/mol. The fraction of sp³-hybridized carbons (Fsp3) is 0.250. The van der Waals surface area contributed by atoms with Crippen LogP contribution in [0.2, 0.25) is 0 Å². The van der Waals surface area contributed by atoms with Gasteiger partial charge >= 0.3 is 0 Å². The third-order valence-electron chi connectivity index (χ3n) is 3.30. The number of rotatable bonds is 3. The number of para-hydroxylation sites is 1. The lowest BCUT2D eigenvalue weighted by Gasteiger charge is -2.21. The van der Waals surface area contributed by atoms with Crippen LogP contribution in [0, 0.1) is 10.5 Å². The summed E-state index contributed by atoms with van der Waals surface area (Å²) >= 11 is 2.35. The van der Waals surface area contributed by atoms with E-state index >= 15 is 0 Å². The van der Waals surface area contributed by atoms with E-state index in [-0.39, 0.29) is 0 Å². The normalized spacial score (nSPS) is 13.1. The Bertz CT molecular complexity index is 628. The zero-order valence-corrected chi connectivity index (χ0v) is 13.4. The van der Waals surface area contributed by atoms with Crippen LogP contribution in [0.25, 0.3) is 0 Å². The molecule has 1 aliphatic rings. The average molecular weight is 381 g/mol. The Morgan fingerprint density at radius 2 is 2.00 bits per heavy atom. The number of fused-ring (bicyclic) bond motifs is 1. The van der Waals surface area contributed by atoms with Crippen molar-refractivity contribution in [2.75, 3.05) is 18.5 Å². The highest BCUT2D eigenvalue weighted by atomic mass is 127. The molecule has 4 heteroatoms. The second kappa shape index (κ2) is 5.91. The Morgan fingerprint density at radius 1 is 1.15 bits per heavy atom. The molecule has 1 heterocycles. The first-order valence-electron chi connectivity index (χ1n) is 6.61. The van der Waals surface area contributed by atoms with Gasteiger partial charge in [-0.25, -0.2) is 0 Å². The fourth-order valence-electron chi connectivity index (χ4n) is 2.17. The van der Waals surface area contributed by atoms with Crippen LogP contribution in [-0.4, -0.2) is 13.2 Å². The minimum atomic E-state index is 0.618. The SMILES string of the molecule is Cc1ccc(NCc2cccc3c2OCCO3)cc1I. The fourth-order valence-corrected chi connectivity index (χ4v) is 2.69. The van der Waals surface area contributed by atoms with Crippen LogP contribution in [0.5, 0.6) is 11.5 Å². The highest BCUT2D eigenvalue weighted by Crippen LogP contribution is 2.34. The van der Waals surface area contributed by atoms with Crippen molar-refractivity contribution in [3.8, 4) is 11.5 Å². The van der Waals surface area contributed by atoms with Crippen LogP contribution in [-0.2, 0) is 6.54 Å². The first kappa shape index (κ1) is 13.5. The molecule has 0 atom stereocenters. The summed E-state index contributed by atoms with van der Waals surface area (Å²) in [5.41, 5.74) is 3.54. The van der Waals surface area contributed by atoms with Crippen molar-refractivity contribution in [1.82, 2.24) is 0 Å². The van der Waals surface area contributed by atoms with Gasteiger partial charge in [-0.05, 0) is 53.3 Å². The lowest BCUT2D eigenvalue weighted by atomic mass is 10.1. The minimum absolute atomic E-state index is 0.618. The van der Waals surface area contributed by atoms with Crippen molar-refractivity contribution in [3.63, 3.8) is 0 Å². The average Bonchev–Trinajstić information content (AvgIpc) is 2.48. The Hall–Kier alpha value is -1.43. The van der Waals surface area contributed by atoms with Gasteiger partial charge in [-0.3, -0.25) is 0 Å². The number of hydrogen-bond donors (Lipinski definition) is 1. The summed E-state index contributed by atoms with van der Waals surface area (Å²) in [5.74, 6) is 1.71. The Labute approximate surface area is 132 Å². The summed E-state index contributed by atoms with van der Waals surface area (Å²) in [6.45, 7) is 4.09. The number of ether oxygens (including phenoxy) is 2. The van der Waals surface area contributed by atoms with Gasteiger partial charge in [-0.15, -0.1) is 0 Å². The molecule has 2 aromatic rings. The van der Waals surface area contributed by atoms with Crippen LogP contribution < -0.4 is 14.8 Å². The van der Waals surface area contributed by atoms with Gasteiger partial charge in [0.05, 0.1) is 0 Å². The number of hydrogen-bond acceptors (Lipinski definition) is 3. The molecule has 0 radical (unpaired) electrons. The van der Waals surface area contributed by atoms with Crippen LogP contribution in [0.3, 0.4) is 0 Å². The maximum absolute atomic E-state index is 5.72. The number of aryl methyl sites for hydroxylation is 1. The van der Waals surface area contributed by atoms with E-state index in [0.717, 1.165) is 29.3 Å². The molecule has 0 aromatic heterocycles. The van der Waals surface area contributed by atoms with E-state index in [1.54, 1.807) is 0 Å². The van der Waals surface area contributed by atoms with Gasteiger partial charge in [0.25, 0.3) is 0 Å². The molecule has 0 aliphatic carbocycles. The van der Waals surface area contributed by atoms with Crippen molar-refractivity contribution in [2.45, 2.75) is 13.5 Å². The first-order chi connectivity index (χ1) is 9.74. The van der Waals surface area contributed by atoms with Crippen molar-refractivity contribution >= 4 is 28.3 Å². The Balaban J connectivity index is 1.76. The zero-order valence-electron chi connectivity index (χ0n) is 11.3.